The van der Waals surface area contributed by atoms with E-state index in [9.17, 15) is 4.39 Å². The van der Waals surface area contributed by atoms with Gasteiger partial charge in [0, 0.05) is 23.7 Å². The van der Waals surface area contributed by atoms with Crippen LogP contribution in [0, 0.1) is 5.82 Å². The van der Waals surface area contributed by atoms with Gasteiger partial charge in [-0.3, -0.25) is 0 Å². The summed E-state index contributed by atoms with van der Waals surface area (Å²) >= 11 is 0. The molecular weight excluding hydrogens is 229 g/mol. The predicted octanol–water partition coefficient (Wildman–Crippen LogP) is 3.65. The van der Waals surface area contributed by atoms with Crippen molar-refractivity contribution in [2.75, 3.05) is 7.11 Å². The number of rotatable bonds is 4. The number of hydrogen-bond donors (Lipinski definition) is 1. The van der Waals surface area contributed by atoms with Crippen molar-refractivity contribution in [1.82, 2.24) is 5.32 Å². The average molecular weight is 251 g/mol. The van der Waals surface area contributed by atoms with Gasteiger partial charge < -0.3 is 10.1 Å². The quantitative estimate of drug-likeness (QED) is 0.882. The zero-order chi connectivity index (χ0) is 13.0. The van der Waals surface area contributed by atoms with Crippen LogP contribution in [0.1, 0.15) is 44.6 Å². The van der Waals surface area contributed by atoms with Crippen molar-refractivity contribution in [2.45, 2.75) is 51.1 Å². The largest absolute Gasteiger partial charge is 0.497 e. The highest BCUT2D eigenvalue weighted by molar-refractivity contribution is 5.28. The first-order valence-corrected chi connectivity index (χ1v) is 6.70. The third kappa shape index (κ3) is 3.22. The second-order valence-corrected chi connectivity index (χ2v) is 5.43. The van der Waals surface area contributed by atoms with E-state index in [0.717, 1.165) is 0 Å². The van der Waals surface area contributed by atoms with E-state index in [1.165, 1.54) is 38.2 Å². The Morgan fingerprint density at radius 3 is 2.61 bits per heavy atom. The van der Waals surface area contributed by atoms with Crippen LogP contribution in [0.4, 0.5) is 4.39 Å². The van der Waals surface area contributed by atoms with Gasteiger partial charge in [0.15, 0.2) is 0 Å². The summed E-state index contributed by atoms with van der Waals surface area (Å²) < 4.78 is 18.8. The monoisotopic (exact) mass is 251 g/mol. The van der Waals surface area contributed by atoms with E-state index in [0.29, 0.717) is 17.9 Å². The highest BCUT2D eigenvalue weighted by Crippen LogP contribution is 2.28. The molecule has 100 valence electrons. The van der Waals surface area contributed by atoms with Gasteiger partial charge in [0.25, 0.3) is 0 Å². The Hall–Kier alpha value is -1.09. The van der Waals surface area contributed by atoms with E-state index < -0.39 is 0 Å². The first-order valence-electron chi connectivity index (χ1n) is 6.70. The lowest BCUT2D eigenvalue weighted by molar-refractivity contribution is 0.251. The molecule has 0 heterocycles. The fourth-order valence-corrected chi connectivity index (χ4v) is 2.62. The third-order valence-electron chi connectivity index (χ3n) is 3.92. The molecule has 1 aromatic rings. The maximum Gasteiger partial charge on any atom is 0.131 e. The molecule has 2 nitrogen and oxygen atoms in total. The number of ether oxygens (including phenoxy) is 1. The summed E-state index contributed by atoms with van der Waals surface area (Å²) in [5.74, 6) is 0.376. The first-order chi connectivity index (χ1) is 8.63. The SMILES string of the molecule is COc1ccc(CNC2(C)CCCCC2)c(F)c1. The van der Waals surface area contributed by atoms with E-state index in [-0.39, 0.29) is 11.4 Å². The predicted molar refractivity (Wildman–Crippen MR) is 71.3 cm³/mol. The van der Waals surface area contributed by atoms with Crippen LogP contribution in [0.5, 0.6) is 5.75 Å². The summed E-state index contributed by atoms with van der Waals surface area (Å²) in [5, 5.41) is 3.51. The van der Waals surface area contributed by atoms with Crippen molar-refractivity contribution < 1.29 is 9.13 Å². The molecule has 18 heavy (non-hydrogen) atoms. The number of methoxy groups -OCH3 is 1. The molecule has 0 amide bonds. The lowest BCUT2D eigenvalue weighted by Gasteiger charge is -2.34. The Labute approximate surface area is 109 Å². The molecule has 1 N–H and O–H groups in total. The zero-order valence-corrected chi connectivity index (χ0v) is 11.3. The Morgan fingerprint density at radius 1 is 1.28 bits per heavy atom. The summed E-state index contributed by atoms with van der Waals surface area (Å²) in [6, 6.07) is 5.05. The Bertz CT molecular complexity index is 399. The molecule has 2 rings (SSSR count). The van der Waals surface area contributed by atoms with Crippen LogP contribution in [0.2, 0.25) is 0 Å². The van der Waals surface area contributed by atoms with Crippen LogP contribution in [0.3, 0.4) is 0 Å². The Kier molecular flexibility index (Phi) is 4.23. The van der Waals surface area contributed by atoms with Gasteiger partial charge in [0.1, 0.15) is 11.6 Å². The summed E-state index contributed by atoms with van der Waals surface area (Å²) in [6.45, 7) is 2.83. The van der Waals surface area contributed by atoms with Crippen LogP contribution in [-0.2, 0) is 6.54 Å². The van der Waals surface area contributed by atoms with Crippen LogP contribution in [0.25, 0.3) is 0 Å². The molecule has 0 bridgehead atoms. The van der Waals surface area contributed by atoms with Gasteiger partial charge in [-0.25, -0.2) is 4.39 Å². The molecule has 1 aromatic carbocycles. The number of halogens is 1. The molecule has 0 atom stereocenters. The van der Waals surface area contributed by atoms with Crippen LogP contribution >= 0.6 is 0 Å². The Balaban J connectivity index is 1.97. The van der Waals surface area contributed by atoms with Gasteiger partial charge in [-0.1, -0.05) is 25.3 Å². The van der Waals surface area contributed by atoms with Gasteiger partial charge in [-0.05, 0) is 25.8 Å². The van der Waals surface area contributed by atoms with E-state index in [1.54, 1.807) is 13.2 Å². The molecule has 0 saturated heterocycles. The van der Waals surface area contributed by atoms with Gasteiger partial charge in [0.05, 0.1) is 7.11 Å². The fourth-order valence-electron chi connectivity index (χ4n) is 2.62. The van der Waals surface area contributed by atoms with E-state index in [4.69, 9.17) is 4.74 Å². The Morgan fingerprint density at radius 2 is 2.00 bits per heavy atom. The summed E-state index contributed by atoms with van der Waals surface area (Å²) in [6.07, 6.45) is 6.24. The normalized spacial score (nSPS) is 18.6. The second kappa shape index (κ2) is 5.70. The molecule has 0 spiro atoms. The minimum absolute atomic E-state index is 0.171. The minimum atomic E-state index is -0.193. The summed E-state index contributed by atoms with van der Waals surface area (Å²) in [7, 11) is 1.55. The molecular formula is C15H22FNO. The van der Waals surface area contributed by atoms with Gasteiger partial charge in [-0.15, -0.1) is 0 Å². The number of benzene rings is 1. The van der Waals surface area contributed by atoms with Gasteiger partial charge in [0.2, 0.25) is 0 Å². The molecule has 1 fully saturated rings. The molecule has 0 unspecified atom stereocenters. The standard InChI is InChI=1S/C15H22FNO/c1-15(8-4-3-5-9-15)17-11-12-6-7-13(18-2)10-14(12)16/h6-7,10,17H,3-5,8-9,11H2,1-2H3. The first kappa shape index (κ1) is 13.3. The fraction of sp³-hybridized carbons (Fsp3) is 0.600. The summed E-state index contributed by atoms with van der Waals surface area (Å²) in [4.78, 5) is 0. The topological polar surface area (TPSA) is 21.3 Å². The van der Waals surface area contributed by atoms with Crippen molar-refractivity contribution >= 4 is 0 Å². The maximum absolute atomic E-state index is 13.8. The molecule has 0 radical (unpaired) electrons. The van der Waals surface area contributed by atoms with Crippen LogP contribution in [0.15, 0.2) is 18.2 Å². The highest BCUT2D eigenvalue weighted by atomic mass is 19.1. The second-order valence-electron chi connectivity index (χ2n) is 5.43. The molecule has 3 heteroatoms. The lowest BCUT2D eigenvalue weighted by atomic mass is 9.83. The molecule has 0 aliphatic heterocycles. The smallest absolute Gasteiger partial charge is 0.131 e. The van der Waals surface area contributed by atoms with Crippen molar-refractivity contribution in [3.63, 3.8) is 0 Å². The third-order valence-corrected chi connectivity index (χ3v) is 3.92. The number of hydrogen-bond acceptors (Lipinski definition) is 2. The van der Waals surface area contributed by atoms with E-state index >= 15 is 0 Å². The van der Waals surface area contributed by atoms with Crippen molar-refractivity contribution in [3.05, 3.63) is 29.6 Å². The van der Waals surface area contributed by atoms with Crippen LogP contribution < -0.4 is 10.1 Å². The molecule has 1 saturated carbocycles. The maximum atomic E-state index is 13.8. The lowest BCUT2D eigenvalue weighted by Crippen LogP contribution is -2.43. The van der Waals surface area contributed by atoms with Crippen LogP contribution in [-0.4, -0.2) is 12.6 Å². The van der Waals surface area contributed by atoms with Gasteiger partial charge >= 0.3 is 0 Å². The number of nitrogens with one attached hydrogen (secondary N) is 1. The molecule has 1 aliphatic rings. The minimum Gasteiger partial charge on any atom is -0.497 e. The van der Waals surface area contributed by atoms with Crippen molar-refractivity contribution in [2.24, 2.45) is 0 Å². The molecule has 1 aliphatic carbocycles. The van der Waals surface area contributed by atoms with Crippen molar-refractivity contribution in [1.29, 1.82) is 0 Å². The van der Waals surface area contributed by atoms with Crippen molar-refractivity contribution in [3.8, 4) is 5.75 Å². The zero-order valence-electron chi connectivity index (χ0n) is 11.3. The molecule has 0 aromatic heterocycles. The highest BCUT2D eigenvalue weighted by Gasteiger charge is 2.25. The summed E-state index contributed by atoms with van der Waals surface area (Å²) in [5.41, 5.74) is 0.882. The van der Waals surface area contributed by atoms with Gasteiger partial charge in [-0.2, -0.15) is 0 Å². The average Bonchev–Trinajstić information content (AvgIpc) is 2.38. The van der Waals surface area contributed by atoms with E-state index in [2.05, 4.69) is 12.2 Å². The van der Waals surface area contributed by atoms with E-state index in [1.807, 2.05) is 6.07 Å².